The molecule has 0 aliphatic carbocycles. The minimum Gasteiger partial charge on any atom is -0.348 e. The van der Waals surface area contributed by atoms with Crippen molar-refractivity contribution in [1.82, 2.24) is 9.80 Å². The second-order valence-electron chi connectivity index (χ2n) is 6.77. The maximum Gasteiger partial charge on any atom is 0.232 e. The number of halogens is 1. The first-order valence-corrected chi connectivity index (χ1v) is 11.2. The van der Waals surface area contributed by atoms with E-state index >= 15 is 0 Å². The van der Waals surface area contributed by atoms with Gasteiger partial charge < -0.3 is 9.80 Å². The van der Waals surface area contributed by atoms with Crippen LogP contribution < -0.4 is 0 Å². The fraction of sp³-hybridized carbons (Fsp3) is 0.529. The number of benzene rings is 1. The first kappa shape index (κ1) is 19.2. The number of thioether (sulfide) groups is 1. The van der Waals surface area contributed by atoms with Crippen molar-refractivity contribution in [3.05, 3.63) is 35.6 Å². The van der Waals surface area contributed by atoms with E-state index in [1.807, 2.05) is 4.90 Å². The number of fused-ring (bicyclic) bond motifs is 1. The van der Waals surface area contributed by atoms with Gasteiger partial charge in [-0.2, -0.15) is 0 Å². The molecule has 2 aliphatic rings. The normalized spacial score (nSPS) is 23.7. The number of aliphatic imine (C=N–C) groups is 1. The molecule has 1 saturated heterocycles. The Morgan fingerprint density at radius 2 is 2.00 bits per heavy atom. The smallest absolute Gasteiger partial charge is 0.232 e. The van der Waals surface area contributed by atoms with Gasteiger partial charge in [0.15, 0.2) is 15.0 Å². The van der Waals surface area contributed by atoms with E-state index in [1.54, 1.807) is 26.2 Å². The van der Waals surface area contributed by atoms with E-state index in [0.717, 1.165) is 10.7 Å². The molecule has 1 aromatic carbocycles. The van der Waals surface area contributed by atoms with Crippen LogP contribution in [0.1, 0.15) is 5.56 Å². The third-order valence-corrected chi connectivity index (χ3v) is 7.28. The quantitative estimate of drug-likeness (QED) is 0.740. The van der Waals surface area contributed by atoms with Crippen LogP contribution in [0.2, 0.25) is 0 Å². The summed E-state index contributed by atoms with van der Waals surface area (Å²) in [7, 11) is 0.325. The second-order valence-corrected chi connectivity index (χ2v) is 9.87. The summed E-state index contributed by atoms with van der Waals surface area (Å²) < 4.78 is 37.0. The monoisotopic (exact) mass is 399 g/mol. The molecule has 2 aliphatic heterocycles. The molecule has 0 aromatic heterocycles. The van der Waals surface area contributed by atoms with Crippen molar-refractivity contribution >= 4 is 32.7 Å². The summed E-state index contributed by atoms with van der Waals surface area (Å²) in [6, 6.07) is 5.87. The van der Waals surface area contributed by atoms with E-state index in [0.29, 0.717) is 13.0 Å². The van der Waals surface area contributed by atoms with Crippen LogP contribution in [0.4, 0.5) is 4.39 Å². The average molecular weight is 400 g/mol. The molecule has 1 amide bonds. The molecular formula is C17H22FN3O3S2. The molecule has 0 spiro atoms. The highest BCUT2D eigenvalue weighted by Crippen LogP contribution is 2.31. The van der Waals surface area contributed by atoms with Crippen molar-refractivity contribution in [3.63, 3.8) is 0 Å². The summed E-state index contributed by atoms with van der Waals surface area (Å²) in [6.07, 6.45) is 0.657. The summed E-state index contributed by atoms with van der Waals surface area (Å²) >= 11 is 1.35. The molecule has 0 bridgehead atoms. The predicted molar refractivity (Wildman–Crippen MR) is 102 cm³/mol. The van der Waals surface area contributed by atoms with Gasteiger partial charge in [0.05, 0.1) is 29.3 Å². The van der Waals surface area contributed by atoms with Gasteiger partial charge >= 0.3 is 0 Å². The highest BCUT2D eigenvalue weighted by molar-refractivity contribution is 8.14. The Labute approximate surface area is 157 Å². The molecule has 0 radical (unpaired) electrons. The number of amides is 1. The summed E-state index contributed by atoms with van der Waals surface area (Å²) in [5.41, 5.74) is 0.976. The molecule has 0 N–H and O–H groups in total. The molecule has 1 aromatic rings. The topological polar surface area (TPSA) is 70.0 Å². The maximum atomic E-state index is 13.1. The Balaban J connectivity index is 1.71. The molecule has 142 valence electrons. The fourth-order valence-electron chi connectivity index (χ4n) is 3.13. The Hall–Kier alpha value is -1.61. The zero-order valence-corrected chi connectivity index (χ0v) is 16.4. The number of rotatable bonds is 5. The van der Waals surface area contributed by atoms with E-state index in [-0.39, 0.29) is 41.1 Å². The van der Waals surface area contributed by atoms with Crippen LogP contribution >= 0.6 is 11.8 Å². The average Bonchev–Trinajstić information content (AvgIpc) is 3.03. The molecule has 0 saturated carbocycles. The number of carbonyl (C=O) groups excluding carboxylic acids is 1. The Kier molecular flexibility index (Phi) is 5.57. The first-order chi connectivity index (χ1) is 12.2. The maximum absolute atomic E-state index is 13.1. The Bertz CT molecular complexity index is 809. The van der Waals surface area contributed by atoms with Gasteiger partial charge in [0, 0.05) is 20.6 Å². The van der Waals surface area contributed by atoms with Gasteiger partial charge in [-0.1, -0.05) is 23.9 Å². The third kappa shape index (κ3) is 4.37. The largest absolute Gasteiger partial charge is 0.348 e. The van der Waals surface area contributed by atoms with Crippen LogP contribution in [-0.4, -0.2) is 79.3 Å². The van der Waals surface area contributed by atoms with Crippen LogP contribution in [0, 0.1) is 5.82 Å². The van der Waals surface area contributed by atoms with Crippen molar-refractivity contribution in [2.75, 3.05) is 37.9 Å². The second kappa shape index (κ2) is 7.56. The highest BCUT2D eigenvalue weighted by atomic mass is 32.2. The molecule has 3 rings (SSSR count). The van der Waals surface area contributed by atoms with E-state index in [1.165, 1.54) is 28.8 Å². The summed E-state index contributed by atoms with van der Waals surface area (Å²) in [5.74, 6) is 0.135. The predicted octanol–water partition coefficient (Wildman–Crippen LogP) is 1.03. The van der Waals surface area contributed by atoms with Gasteiger partial charge in [-0.05, 0) is 24.1 Å². The van der Waals surface area contributed by atoms with E-state index < -0.39 is 9.84 Å². The molecule has 6 nitrogen and oxygen atoms in total. The van der Waals surface area contributed by atoms with Gasteiger partial charge in [0.25, 0.3) is 0 Å². The van der Waals surface area contributed by atoms with Crippen LogP contribution in [0.3, 0.4) is 0 Å². The molecule has 9 heteroatoms. The van der Waals surface area contributed by atoms with E-state index in [4.69, 9.17) is 0 Å². The number of hydrogen-bond acceptors (Lipinski definition) is 6. The minimum absolute atomic E-state index is 0.0131. The zero-order chi connectivity index (χ0) is 18.9. The van der Waals surface area contributed by atoms with Gasteiger partial charge in [-0.3, -0.25) is 9.79 Å². The SMILES string of the molecule is CN(C)C(=O)CSC1=N[C@H]2CS(=O)(=O)C[C@H]2N1CCc1ccc(F)cc1. The standard InChI is InChI=1S/C17H22FN3O3S2/c1-20(2)16(22)9-25-17-19-14-10-26(23,24)11-15(14)21(17)8-7-12-3-5-13(18)6-4-12/h3-6,14-15H,7-11H2,1-2H3/t14-,15+/m0/s1. The zero-order valence-electron chi connectivity index (χ0n) is 14.8. The lowest BCUT2D eigenvalue weighted by atomic mass is 10.1. The lowest BCUT2D eigenvalue weighted by molar-refractivity contribution is -0.125. The molecule has 26 heavy (non-hydrogen) atoms. The number of nitrogens with zero attached hydrogens (tertiary/aromatic N) is 3. The summed E-state index contributed by atoms with van der Waals surface area (Å²) in [6.45, 7) is 0.588. The molecule has 1 fully saturated rings. The fourth-order valence-corrected chi connectivity index (χ4v) is 6.12. The number of amidine groups is 1. The highest BCUT2D eigenvalue weighted by Gasteiger charge is 2.46. The number of hydrogen-bond donors (Lipinski definition) is 0. The van der Waals surface area contributed by atoms with Crippen molar-refractivity contribution < 1.29 is 17.6 Å². The molecule has 2 atom stereocenters. The molecular weight excluding hydrogens is 377 g/mol. The van der Waals surface area contributed by atoms with Crippen LogP contribution in [-0.2, 0) is 21.1 Å². The van der Waals surface area contributed by atoms with Crippen molar-refractivity contribution in [2.45, 2.75) is 18.5 Å². The van der Waals surface area contributed by atoms with E-state index in [9.17, 15) is 17.6 Å². The van der Waals surface area contributed by atoms with Crippen LogP contribution in [0.25, 0.3) is 0 Å². The van der Waals surface area contributed by atoms with E-state index in [2.05, 4.69) is 4.99 Å². The summed E-state index contributed by atoms with van der Waals surface area (Å²) in [5, 5.41) is 0.729. The molecule has 0 unspecified atom stereocenters. The van der Waals surface area contributed by atoms with Gasteiger partial charge in [-0.15, -0.1) is 0 Å². The summed E-state index contributed by atoms with van der Waals surface area (Å²) in [4.78, 5) is 20.0. The van der Waals surface area contributed by atoms with Gasteiger partial charge in [0.2, 0.25) is 5.91 Å². The number of sulfone groups is 1. The third-order valence-electron chi connectivity index (χ3n) is 4.59. The van der Waals surface area contributed by atoms with Crippen molar-refractivity contribution in [1.29, 1.82) is 0 Å². The van der Waals surface area contributed by atoms with Crippen molar-refractivity contribution in [3.8, 4) is 0 Å². The van der Waals surface area contributed by atoms with Crippen molar-refractivity contribution in [2.24, 2.45) is 4.99 Å². The first-order valence-electron chi connectivity index (χ1n) is 8.37. The van der Waals surface area contributed by atoms with Crippen LogP contribution in [0.5, 0.6) is 0 Å². The minimum atomic E-state index is -3.08. The number of carbonyl (C=O) groups is 1. The van der Waals surface area contributed by atoms with Gasteiger partial charge in [0.1, 0.15) is 5.82 Å². The van der Waals surface area contributed by atoms with Gasteiger partial charge in [-0.25, -0.2) is 12.8 Å². The lowest BCUT2D eigenvalue weighted by Crippen LogP contribution is -2.40. The molecule has 2 heterocycles. The van der Waals surface area contributed by atoms with Crippen LogP contribution in [0.15, 0.2) is 29.3 Å². The Morgan fingerprint density at radius 3 is 2.65 bits per heavy atom. The lowest BCUT2D eigenvalue weighted by Gasteiger charge is -2.26. The Morgan fingerprint density at radius 1 is 1.31 bits per heavy atom.